The van der Waals surface area contributed by atoms with E-state index in [4.69, 9.17) is 16.3 Å². The molecule has 1 aromatic heterocycles. The summed E-state index contributed by atoms with van der Waals surface area (Å²) in [5.41, 5.74) is 0.625. The number of rotatable bonds is 2. The van der Waals surface area contributed by atoms with Crippen LogP contribution < -0.4 is 0 Å². The lowest BCUT2D eigenvalue weighted by molar-refractivity contribution is 0.0900. The second-order valence-corrected chi connectivity index (χ2v) is 3.68. The Morgan fingerprint density at radius 2 is 2.50 bits per heavy atom. The largest absolute Gasteiger partial charge is 0.381 e. The minimum absolute atomic E-state index is 0.00605. The normalized spacial score (nSPS) is 21.1. The second kappa shape index (κ2) is 4.07. The molecule has 3 nitrogen and oxygen atoms in total. The number of nitrogens with zero attached hydrogens (tertiary/aromatic N) is 1. The number of Topliss-reactive ketones (excluding diaryl/α,β-unsaturated/α-hetero) is 1. The van der Waals surface area contributed by atoms with Crippen molar-refractivity contribution in [1.29, 1.82) is 0 Å². The first kappa shape index (κ1) is 9.62. The van der Waals surface area contributed by atoms with Crippen LogP contribution in [-0.2, 0) is 4.74 Å². The summed E-state index contributed by atoms with van der Waals surface area (Å²) in [5, 5.41) is 0.356. The van der Waals surface area contributed by atoms with Gasteiger partial charge in [-0.25, -0.2) is 4.98 Å². The third-order valence-corrected chi connectivity index (χ3v) is 2.52. The SMILES string of the molecule is O=C(c1ccnc(Cl)c1)C1CCOC1. The van der Waals surface area contributed by atoms with Crippen molar-refractivity contribution in [2.75, 3.05) is 13.2 Å². The van der Waals surface area contributed by atoms with E-state index in [-0.39, 0.29) is 11.7 Å². The number of hydrogen-bond acceptors (Lipinski definition) is 3. The average molecular weight is 212 g/mol. The number of hydrogen-bond donors (Lipinski definition) is 0. The van der Waals surface area contributed by atoms with Gasteiger partial charge >= 0.3 is 0 Å². The van der Waals surface area contributed by atoms with Crippen molar-refractivity contribution in [3.63, 3.8) is 0 Å². The lowest BCUT2D eigenvalue weighted by atomic mass is 9.98. The van der Waals surface area contributed by atoms with Gasteiger partial charge in [0, 0.05) is 24.3 Å². The number of aromatic nitrogens is 1. The highest BCUT2D eigenvalue weighted by Crippen LogP contribution is 2.19. The van der Waals surface area contributed by atoms with Gasteiger partial charge in [-0.2, -0.15) is 0 Å². The molecule has 1 aliphatic rings. The molecule has 0 radical (unpaired) electrons. The number of ether oxygens (including phenoxy) is 1. The third kappa shape index (κ3) is 1.94. The highest BCUT2D eigenvalue weighted by atomic mass is 35.5. The van der Waals surface area contributed by atoms with Crippen LogP contribution in [0.3, 0.4) is 0 Å². The minimum atomic E-state index is -0.00605. The van der Waals surface area contributed by atoms with Crippen LogP contribution in [0.25, 0.3) is 0 Å². The maximum atomic E-state index is 11.8. The van der Waals surface area contributed by atoms with Crippen molar-refractivity contribution in [2.45, 2.75) is 6.42 Å². The van der Waals surface area contributed by atoms with Gasteiger partial charge in [-0.1, -0.05) is 11.6 Å². The molecule has 1 aliphatic heterocycles. The van der Waals surface area contributed by atoms with Crippen molar-refractivity contribution in [3.05, 3.63) is 29.0 Å². The molecular formula is C10H10ClNO2. The second-order valence-electron chi connectivity index (χ2n) is 3.29. The maximum Gasteiger partial charge on any atom is 0.168 e. The number of carbonyl (C=O) groups is 1. The molecule has 0 amide bonds. The van der Waals surface area contributed by atoms with Gasteiger partial charge in [0.25, 0.3) is 0 Å². The summed E-state index contributed by atoms with van der Waals surface area (Å²) >= 11 is 5.70. The highest BCUT2D eigenvalue weighted by molar-refractivity contribution is 6.29. The van der Waals surface area contributed by atoms with Crippen LogP contribution in [0.4, 0.5) is 0 Å². The summed E-state index contributed by atoms with van der Waals surface area (Å²) in [5.74, 6) is 0.0975. The first-order valence-corrected chi connectivity index (χ1v) is 4.88. The van der Waals surface area contributed by atoms with E-state index in [0.717, 1.165) is 6.42 Å². The van der Waals surface area contributed by atoms with Crippen molar-refractivity contribution in [1.82, 2.24) is 4.98 Å². The summed E-state index contributed by atoms with van der Waals surface area (Å²) in [7, 11) is 0. The fourth-order valence-electron chi connectivity index (χ4n) is 1.53. The molecule has 1 saturated heterocycles. The highest BCUT2D eigenvalue weighted by Gasteiger charge is 2.24. The van der Waals surface area contributed by atoms with Gasteiger partial charge in [0.05, 0.1) is 6.61 Å². The van der Waals surface area contributed by atoms with Crippen LogP contribution in [-0.4, -0.2) is 24.0 Å². The molecular weight excluding hydrogens is 202 g/mol. The summed E-state index contributed by atoms with van der Waals surface area (Å²) in [4.78, 5) is 15.7. The topological polar surface area (TPSA) is 39.2 Å². The average Bonchev–Trinajstić information content (AvgIpc) is 2.69. The predicted octanol–water partition coefficient (Wildman–Crippen LogP) is 1.95. The first-order valence-electron chi connectivity index (χ1n) is 4.51. The van der Waals surface area contributed by atoms with E-state index in [0.29, 0.717) is 23.9 Å². The van der Waals surface area contributed by atoms with Crippen molar-refractivity contribution >= 4 is 17.4 Å². The van der Waals surface area contributed by atoms with Crippen LogP contribution in [0.2, 0.25) is 5.15 Å². The van der Waals surface area contributed by atoms with E-state index in [1.807, 2.05) is 0 Å². The predicted molar refractivity (Wildman–Crippen MR) is 52.5 cm³/mol. The molecule has 0 aromatic carbocycles. The molecule has 0 N–H and O–H groups in total. The monoisotopic (exact) mass is 211 g/mol. The zero-order valence-corrected chi connectivity index (χ0v) is 8.33. The lowest BCUT2D eigenvalue weighted by Crippen LogP contribution is -2.14. The van der Waals surface area contributed by atoms with Crippen molar-refractivity contribution < 1.29 is 9.53 Å². The Kier molecular flexibility index (Phi) is 2.79. The Bertz CT molecular complexity index is 348. The molecule has 2 heterocycles. The summed E-state index contributed by atoms with van der Waals surface area (Å²) in [6, 6.07) is 3.29. The quantitative estimate of drug-likeness (QED) is 0.555. The van der Waals surface area contributed by atoms with Crippen LogP contribution in [0.15, 0.2) is 18.3 Å². The molecule has 1 aromatic rings. The van der Waals surface area contributed by atoms with Gasteiger partial charge in [0.1, 0.15) is 5.15 Å². The van der Waals surface area contributed by atoms with Crippen LogP contribution in [0, 0.1) is 5.92 Å². The van der Waals surface area contributed by atoms with Gasteiger partial charge in [-0.15, -0.1) is 0 Å². The Hall–Kier alpha value is -0.930. The van der Waals surface area contributed by atoms with E-state index in [9.17, 15) is 4.79 Å². The number of halogens is 1. The van der Waals surface area contributed by atoms with Gasteiger partial charge < -0.3 is 4.74 Å². The van der Waals surface area contributed by atoms with Gasteiger partial charge in [-0.05, 0) is 18.6 Å². The molecule has 0 aliphatic carbocycles. The number of carbonyl (C=O) groups excluding carboxylic acids is 1. The minimum Gasteiger partial charge on any atom is -0.381 e. The Balaban J connectivity index is 2.17. The van der Waals surface area contributed by atoms with E-state index in [1.54, 1.807) is 18.3 Å². The van der Waals surface area contributed by atoms with E-state index >= 15 is 0 Å². The van der Waals surface area contributed by atoms with Gasteiger partial charge in [-0.3, -0.25) is 4.79 Å². The van der Waals surface area contributed by atoms with Crippen molar-refractivity contribution in [2.24, 2.45) is 5.92 Å². The molecule has 1 atom stereocenters. The van der Waals surface area contributed by atoms with Gasteiger partial charge in [0.15, 0.2) is 5.78 Å². The Labute approximate surface area is 87.0 Å². The Morgan fingerprint density at radius 3 is 3.14 bits per heavy atom. The third-order valence-electron chi connectivity index (χ3n) is 2.31. The fourth-order valence-corrected chi connectivity index (χ4v) is 1.71. The van der Waals surface area contributed by atoms with E-state index < -0.39 is 0 Å². The maximum absolute atomic E-state index is 11.8. The first-order chi connectivity index (χ1) is 6.77. The summed E-state index contributed by atoms with van der Waals surface area (Å²) in [6.45, 7) is 1.20. The van der Waals surface area contributed by atoms with E-state index in [1.165, 1.54) is 0 Å². The van der Waals surface area contributed by atoms with E-state index in [2.05, 4.69) is 4.98 Å². The zero-order chi connectivity index (χ0) is 9.97. The molecule has 14 heavy (non-hydrogen) atoms. The number of ketones is 1. The number of pyridine rings is 1. The molecule has 2 rings (SSSR count). The smallest absolute Gasteiger partial charge is 0.168 e. The molecule has 0 spiro atoms. The van der Waals surface area contributed by atoms with Gasteiger partial charge in [0.2, 0.25) is 0 Å². The summed E-state index contributed by atoms with van der Waals surface area (Å²) < 4.78 is 5.16. The summed E-state index contributed by atoms with van der Waals surface area (Å²) in [6.07, 6.45) is 2.35. The van der Waals surface area contributed by atoms with Crippen molar-refractivity contribution in [3.8, 4) is 0 Å². The van der Waals surface area contributed by atoms with Crippen LogP contribution in [0.1, 0.15) is 16.8 Å². The molecule has 4 heteroatoms. The Morgan fingerprint density at radius 1 is 1.64 bits per heavy atom. The standard InChI is InChI=1S/C10H10ClNO2/c11-9-5-7(1-3-12-9)10(13)8-2-4-14-6-8/h1,3,5,8H,2,4,6H2. The molecule has 0 saturated carbocycles. The van der Waals surface area contributed by atoms with Crippen LogP contribution >= 0.6 is 11.6 Å². The lowest BCUT2D eigenvalue weighted by Gasteiger charge is -2.05. The fraction of sp³-hybridized carbons (Fsp3) is 0.400. The zero-order valence-electron chi connectivity index (χ0n) is 7.57. The molecule has 0 bridgehead atoms. The molecule has 1 fully saturated rings. The molecule has 1 unspecified atom stereocenters. The molecule has 74 valence electrons. The van der Waals surface area contributed by atoms with Crippen LogP contribution in [0.5, 0.6) is 0 Å².